The number of aryl methyl sites for hydroxylation is 1. The van der Waals surface area contributed by atoms with Gasteiger partial charge in [-0.3, -0.25) is 9.78 Å². The zero-order chi connectivity index (χ0) is 23.9. The maximum absolute atomic E-state index is 12.6. The third-order valence-corrected chi connectivity index (χ3v) is 7.43. The molecule has 0 radical (unpaired) electrons. The van der Waals surface area contributed by atoms with E-state index < -0.39 is 6.16 Å². The molecule has 1 unspecified atom stereocenters. The molecule has 0 fully saturated rings. The predicted molar refractivity (Wildman–Crippen MR) is 132 cm³/mol. The van der Waals surface area contributed by atoms with Crippen molar-refractivity contribution in [3.63, 3.8) is 0 Å². The molecule has 1 aromatic carbocycles. The number of aromatic nitrogens is 1. The Labute approximate surface area is 206 Å². The average molecular weight is 502 g/mol. The molecular weight excluding hydrogens is 474 g/mol. The lowest BCUT2D eigenvalue weighted by Crippen LogP contribution is -2.25. The van der Waals surface area contributed by atoms with Crippen LogP contribution in [0.2, 0.25) is 0 Å². The number of amides is 1. The van der Waals surface area contributed by atoms with Crippen LogP contribution in [0.1, 0.15) is 40.6 Å². The Bertz CT molecular complexity index is 1130. The van der Waals surface area contributed by atoms with E-state index in [1.54, 1.807) is 11.7 Å². The number of carbonyl (C=O) groups is 2. The van der Waals surface area contributed by atoms with E-state index in [-0.39, 0.29) is 18.6 Å². The van der Waals surface area contributed by atoms with Gasteiger partial charge in [0, 0.05) is 23.9 Å². The van der Waals surface area contributed by atoms with E-state index in [9.17, 15) is 9.59 Å². The summed E-state index contributed by atoms with van der Waals surface area (Å²) in [5, 5.41) is 3.61. The summed E-state index contributed by atoms with van der Waals surface area (Å²) in [7, 11) is 0. The van der Waals surface area contributed by atoms with Crippen LogP contribution in [0.25, 0.3) is 0 Å². The summed E-state index contributed by atoms with van der Waals surface area (Å²) in [4.78, 5) is 30.5. The molecule has 3 aromatic rings. The predicted octanol–water partition coefficient (Wildman–Crippen LogP) is 4.97. The van der Waals surface area contributed by atoms with Crippen LogP contribution in [0.3, 0.4) is 0 Å². The van der Waals surface area contributed by atoms with Gasteiger partial charge in [-0.25, -0.2) is 4.79 Å². The first-order chi connectivity index (χ1) is 16.5. The number of nitrogens with one attached hydrogen (secondary N) is 1. The number of nitrogen functional groups attached to an aromatic ring is 1. The van der Waals surface area contributed by atoms with Gasteiger partial charge in [0.25, 0.3) is 0 Å². The molecule has 8 nitrogen and oxygen atoms in total. The topological polar surface area (TPSA) is 113 Å². The number of rotatable bonds is 9. The maximum atomic E-state index is 12.6. The van der Waals surface area contributed by atoms with Crippen molar-refractivity contribution < 1.29 is 23.8 Å². The van der Waals surface area contributed by atoms with Crippen LogP contribution in [-0.2, 0) is 40.1 Å². The summed E-state index contributed by atoms with van der Waals surface area (Å²) in [6.07, 6.45) is 3.48. The Morgan fingerprint density at radius 2 is 2.15 bits per heavy atom. The van der Waals surface area contributed by atoms with Crippen LogP contribution in [0.4, 0.5) is 15.5 Å². The van der Waals surface area contributed by atoms with Crippen LogP contribution in [0.5, 0.6) is 5.75 Å². The molecule has 4 rings (SSSR count). The second-order valence-corrected chi connectivity index (χ2v) is 9.90. The largest absolute Gasteiger partial charge is 0.508 e. The minimum absolute atomic E-state index is 0.101. The molecule has 1 atom stereocenters. The third-order valence-electron chi connectivity index (χ3n) is 5.49. The molecule has 0 bridgehead atoms. The Balaban J connectivity index is 1.29. The normalized spacial score (nSPS) is 14.8. The smallest absolute Gasteiger partial charge is 0.494 e. The van der Waals surface area contributed by atoms with Gasteiger partial charge in [0.2, 0.25) is 5.91 Å². The van der Waals surface area contributed by atoms with Crippen LogP contribution in [0.15, 0.2) is 36.0 Å². The highest BCUT2D eigenvalue weighted by Gasteiger charge is 2.28. The Morgan fingerprint density at radius 1 is 1.29 bits per heavy atom. The van der Waals surface area contributed by atoms with Crippen molar-refractivity contribution in [1.29, 1.82) is 0 Å². The fourth-order valence-electron chi connectivity index (χ4n) is 3.83. The number of nitrogens with zero attached hydrogens (tertiary/aromatic N) is 1. The van der Waals surface area contributed by atoms with Crippen LogP contribution >= 0.6 is 22.7 Å². The van der Waals surface area contributed by atoms with Gasteiger partial charge in [-0.15, -0.1) is 22.7 Å². The Hall–Kier alpha value is -3.11. The summed E-state index contributed by atoms with van der Waals surface area (Å²) in [5.74, 6) is 0.705. The Kier molecular flexibility index (Phi) is 8.02. The van der Waals surface area contributed by atoms with E-state index in [4.69, 9.17) is 19.9 Å². The molecule has 180 valence electrons. The van der Waals surface area contributed by atoms with Crippen molar-refractivity contribution in [3.8, 4) is 5.75 Å². The van der Waals surface area contributed by atoms with E-state index in [2.05, 4.69) is 10.3 Å². The second-order valence-electron chi connectivity index (χ2n) is 7.82. The summed E-state index contributed by atoms with van der Waals surface area (Å²) in [6.45, 7) is 2.67. The highest BCUT2D eigenvalue weighted by Crippen LogP contribution is 2.41. The summed E-state index contributed by atoms with van der Waals surface area (Å²) in [6, 6.07) is 7.74. The molecule has 34 heavy (non-hydrogen) atoms. The number of anilines is 2. The van der Waals surface area contributed by atoms with Gasteiger partial charge in [-0.2, -0.15) is 0 Å². The van der Waals surface area contributed by atoms with E-state index in [0.29, 0.717) is 49.4 Å². The fourth-order valence-corrected chi connectivity index (χ4v) is 5.59. The first-order valence-corrected chi connectivity index (χ1v) is 12.8. The minimum atomic E-state index is -0.688. The molecule has 3 N–H and O–H groups in total. The van der Waals surface area contributed by atoms with Crippen molar-refractivity contribution in [1.82, 2.24) is 4.98 Å². The lowest BCUT2D eigenvalue weighted by Gasteiger charge is -2.22. The number of para-hydroxylation sites is 1. The van der Waals surface area contributed by atoms with E-state index in [1.165, 1.54) is 22.7 Å². The minimum Gasteiger partial charge on any atom is -0.494 e. The van der Waals surface area contributed by atoms with E-state index >= 15 is 0 Å². The molecule has 0 aliphatic heterocycles. The van der Waals surface area contributed by atoms with E-state index in [0.717, 1.165) is 26.6 Å². The number of benzene rings is 1. The first-order valence-electron chi connectivity index (χ1n) is 11.1. The molecule has 0 saturated heterocycles. The Morgan fingerprint density at radius 3 is 2.94 bits per heavy atom. The van der Waals surface area contributed by atoms with Crippen molar-refractivity contribution in [2.45, 2.75) is 51.7 Å². The average Bonchev–Trinajstić information content (AvgIpc) is 3.45. The highest BCUT2D eigenvalue weighted by molar-refractivity contribution is 7.17. The molecule has 0 saturated carbocycles. The first kappa shape index (κ1) is 24.0. The number of fused-ring (bicyclic) bond motifs is 1. The van der Waals surface area contributed by atoms with Gasteiger partial charge >= 0.3 is 6.16 Å². The highest BCUT2D eigenvalue weighted by atomic mass is 32.1. The molecule has 1 amide bonds. The van der Waals surface area contributed by atoms with Gasteiger partial charge in [0.1, 0.15) is 23.5 Å². The summed E-state index contributed by atoms with van der Waals surface area (Å²) < 4.78 is 16.3. The molecule has 2 aromatic heterocycles. The maximum Gasteiger partial charge on any atom is 0.508 e. The number of ether oxygens (including phenoxy) is 3. The van der Waals surface area contributed by atoms with Gasteiger partial charge in [-0.05, 0) is 43.4 Å². The van der Waals surface area contributed by atoms with Gasteiger partial charge in [0.05, 0.1) is 22.7 Å². The molecule has 1 aliphatic carbocycles. The zero-order valence-corrected chi connectivity index (χ0v) is 20.5. The van der Waals surface area contributed by atoms with Crippen molar-refractivity contribution >= 4 is 45.4 Å². The SMILES string of the molecule is CCOc1ccccc1CCC(=O)Nc1sc2c(c1N)CCC(OC(=O)OCc1cncs1)C2. The van der Waals surface area contributed by atoms with Crippen LogP contribution in [-0.4, -0.2) is 29.8 Å². The molecule has 10 heteroatoms. The standard InChI is InChI=1S/C24H27N3O5S2/c1-2-30-19-6-4-3-5-15(19)7-10-21(28)27-23-22(25)18-9-8-16(11-20(18)34-23)32-24(29)31-13-17-12-26-14-33-17/h3-6,12,14,16H,2,7-11,13,25H2,1H3,(H,27,28). The number of hydrogen-bond acceptors (Lipinski definition) is 9. The number of thiazole rings is 1. The van der Waals surface area contributed by atoms with E-state index in [1.807, 2.05) is 31.2 Å². The molecular formula is C24H27N3O5S2. The fraction of sp³-hybridized carbons (Fsp3) is 0.375. The van der Waals surface area contributed by atoms with Crippen molar-refractivity contribution in [2.24, 2.45) is 0 Å². The lowest BCUT2D eigenvalue weighted by molar-refractivity contribution is -0.116. The second kappa shape index (κ2) is 11.3. The number of hydrogen-bond donors (Lipinski definition) is 2. The van der Waals surface area contributed by atoms with Gasteiger partial charge in [-0.1, -0.05) is 18.2 Å². The zero-order valence-electron chi connectivity index (χ0n) is 18.9. The molecule has 0 spiro atoms. The van der Waals surface area contributed by atoms with Crippen LogP contribution < -0.4 is 15.8 Å². The quantitative estimate of drug-likeness (QED) is 0.398. The van der Waals surface area contributed by atoms with Gasteiger partial charge in [0.15, 0.2) is 0 Å². The van der Waals surface area contributed by atoms with Crippen molar-refractivity contribution in [3.05, 3.63) is 56.9 Å². The van der Waals surface area contributed by atoms with Gasteiger partial charge < -0.3 is 25.3 Å². The summed E-state index contributed by atoms with van der Waals surface area (Å²) >= 11 is 2.86. The number of nitrogens with two attached hydrogens (primary N) is 1. The lowest BCUT2D eigenvalue weighted by atomic mass is 9.95. The van der Waals surface area contributed by atoms with Crippen LogP contribution in [0, 0.1) is 0 Å². The summed E-state index contributed by atoms with van der Waals surface area (Å²) in [5.41, 5.74) is 10.6. The number of carbonyl (C=O) groups excluding carboxylic acids is 2. The van der Waals surface area contributed by atoms with Crippen molar-refractivity contribution in [2.75, 3.05) is 17.7 Å². The monoisotopic (exact) mass is 501 g/mol. The number of thiophene rings is 1. The molecule has 1 aliphatic rings. The third kappa shape index (κ3) is 6.06. The molecule has 2 heterocycles.